The SMILES string of the molecule is CCCCCCCC(=O)N[C@H](CC(N)=O)C(=O)CCCN(C)C(=O)Oc1ccc2nc3c(c(CC)c2c1)Cn1c-3cc2c(c1=O)COC(=O)[C@]2(O)CC. The number of carbonyl (C=O) groups is 5. The lowest BCUT2D eigenvalue weighted by atomic mass is 9.86. The number of aromatic nitrogens is 2. The Morgan fingerprint density at radius 2 is 1.81 bits per heavy atom. The number of ketones is 1. The fraction of sp³-hybridized carbons (Fsp3) is 0.513. The highest BCUT2D eigenvalue weighted by molar-refractivity contribution is 5.93. The van der Waals surface area contributed by atoms with Gasteiger partial charge >= 0.3 is 12.1 Å². The second-order valence-electron chi connectivity index (χ2n) is 13.9. The molecule has 3 amide bonds. The molecule has 2 aromatic heterocycles. The van der Waals surface area contributed by atoms with Gasteiger partial charge in [-0.25, -0.2) is 14.6 Å². The van der Waals surface area contributed by atoms with Crippen molar-refractivity contribution >= 4 is 40.6 Å². The molecule has 4 heterocycles. The fourth-order valence-electron chi connectivity index (χ4n) is 7.15. The summed E-state index contributed by atoms with van der Waals surface area (Å²) in [6, 6.07) is 5.75. The highest BCUT2D eigenvalue weighted by Gasteiger charge is 2.45. The number of ether oxygens (including phenoxy) is 2. The summed E-state index contributed by atoms with van der Waals surface area (Å²) in [5.41, 5.74) is 7.04. The van der Waals surface area contributed by atoms with Crippen LogP contribution in [0, 0.1) is 0 Å². The van der Waals surface area contributed by atoms with Gasteiger partial charge in [0, 0.05) is 42.9 Å². The minimum absolute atomic E-state index is 0.0223. The number of nitrogens with one attached hydrogen (secondary N) is 1. The molecule has 14 heteroatoms. The van der Waals surface area contributed by atoms with E-state index >= 15 is 0 Å². The van der Waals surface area contributed by atoms with Gasteiger partial charge in [-0.2, -0.15) is 0 Å². The topological polar surface area (TPSA) is 200 Å². The summed E-state index contributed by atoms with van der Waals surface area (Å²) in [6.45, 7) is 5.96. The van der Waals surface area contributed by atoms with E-state index in [1.54, 1.807) is 42.8 Å². The summed E-state index contributed by atoms with van der Waals surface area (Å²) in [6.07, 6.45) is 5.13. The molecule has 0 bridgehead atoms. The molecule has 3 aromatic rings. The molecule has 0 saturated heterocycles. The predicted octanol–water partition coefficient (Wildman–Crippen LogP) is 4.14. The Kier molecular flexibility index (Phi) is 12.3. The number of amides is 3. The number of carbonyl (C=O) groups excluding carboxylic acids is 5. The van der Waals surface area contributed by atoms with E-state index in [1.807, 2.05) is 6.92 Å². The number of benzene rings is 1. The summed E-state index contributed by atoms with van der Waals surface area (Å²) in [5, 5.41) is 14.6. The minimum Gasteiger partial charge on any atom is -0.458 e. The van der Waals surface area contributed by atoms with Crippen molar-refractivity contribution in [2.45, 2.75) is 116 Å². The summed E-state index contributed by atoms with van der Waals surface area (Å²) in [5.74, 6) is -1.82. The first kappa shape index (κ1) is 39.1. The molecule has 0 saturated carbocycles. The monoisotopic (exact) mass is 731 g/mol. The highest BCUT2D eigenvalue weighted by Crippen LogP contribution is 2.40. The minimum atomic E-state index is -1.92. The van der Waals surface area contributed by atoms with Crippen LogP contribution in [-0.4, -0.2) is 68.9 Å². The molecule has 284 valence electrons. The molecule has 0 fully saturated rings. The number of hydrogen-bond acceptors (Lipinski definition) is 10. The van der Waals surface area contributed by atoms with E-state index in [4.69, 9.17) is 20.2 Å². The first-order valence-corrected chi connectivity index (χ1v) is 18.5. The van der Waals surface area contributed by atoms with Gasteiger partial charge < -0.3 is 35.1 Å². The van der Waals surface area contributed by atoms with Crippen LogP contribution in [0.5, 0.6) is 5.75 Å². The third-order valence-corrected chi connectivity index (χ3v) is 10.2. The molecular weight excluding hydrogens is 682 g/mol. The van der Waals surface area contributed by atoms with Crippen molar-refractivity contribution in [3.63, 3.8) is 0 Å². The average molecular weight is 732 g/mol. The van der Waals surface area contributed by atoms with Gasteiger partial charge in [-0.3, -0.25) is 19.2 Å². The Bertz CT molecular complexity index is 1990. The maximum absolute atomic E-state index is 13.6. The van der Waals surface area contributed by atoms with Crippen LogP contribution in [0.15, 0.2) is 29.1 Å². The molecule has 0 spiro atoms. The molecule has 2 atom stereocenters. The lowest BCUT2D eigenvalue weighted by Gasteiger charge is -2.31. The predicted molar refractivity (Wildman–Crippen MR) is 196 cm³/mol. The largest absolute Gasteiger partial charge is 0.458 e. The Hall–Kier alpha value is -5.11. The molecule has 0 unspecified atom stereocenters. The molecule has 5 rings (SSSR count). The number of aryl methyl sites for hydroxylation is 1. The molecule has 53 heavy (non-hydrogen) atoms. The maximum atomic E-state index is 13.6. The maximum Gasteiger partial charge on any atom is 0.414 e. The van der Waals surface area contributed by atoms with Gasteiger partial charge in [-0.1, -0.05) is 46.5 Å². The second kappa shape index (κ2) is 16.7. The van der Waals surface area contributed by atoms with E-state index in [1.165, 1.54) is 4.90 Å². The normalized spacial score (nSPS) is 16.3. The summed E-state index contributed by atoms with van der Waals surface area (Å²) >= 11 is 0. The van der Waals surface area contributed by atoms with E-state index in [0.29, 0.717) is 29.7 Å². The van der Waals surface area contributed by atoms with Crippen LogP contribution < -0.4 is 21.3 Å². The number of pyridine rings is 2. The van der Waals surface area contributed by atoms with Crippen molar-refractivity contribution in [3.05, 3.63) is 56.9 Å². The number of esters is 1. The standard InChI is InChI=1S/C39H49N5O9/c1-5-8-9-10-11-14-34(47)41-30(20-33(40)46)32(45)13-12-17-43(4)38(50)53-23-15-16-29-25(18-23)24(6-2)26-21-44-31(35(26)42-29)19-28-27(36(44)48)22-52-37(49)39(28,51)7-3/h15-16,18-19,30,51H,5-14,17,20-22H2,1-4H3,(H2,40,46)(H,41,47)/t30-,39+/m1/s1. The molecule has 0 aliphatic carbocycles. The van der Waals surface area contributed by atoms with E-state index in [2.05, 4.69) is 12.2 Å². The number of unbranched alkanes of at least 4 members (excludes halogenated alkanes) is 4. The van der Waals surface area contributed by atoms with E-state index in [0.717, 1.165) is 42.2 Å². The number of hydrogen-bond donors (Lipinski definition) is 3. The fourth-order valence-corrected chi connectivity index (χ4v) is 7.15. The first-order valence-electron chi connectivity index (χ1n) is 18.5. The number of cyclic esters (lactones) is 1. The zero-order valence-electron chi connectivity index (χ0n) is 30.9. The van der Waals surface area contributed by atoms with Crippen molar-refractivity contribution in [1.82, 2.24) is 19.8 Å². The van der Waals surface area contributed by atoms with Gasteiger partial charge in [-0.15, -0.1) is 0 Å². The van der Waals surface area contributed by atoms with Crippen LogP contribution in [0.1, 0.15) is 107 Å². The molecule has 14 nitrogen and oxygen atoms in total. The first-order chi connectivity index (χ1) is 25.3. The lowest BCUT2D eigenvalue weighted by Crippen LogP contribution is -2.44. The molecule has 0 radical (unpaired) electrons. The molecular formula is C39H49N5O9. The van der Waals surface area contributed by atoms with Crippen molar-refractivity contribution < 1.29 is 38.6 Å². The van der Waals surface area contributed by atoms with Crippen molar-refractivity contribution in [2.75, 3.05) is 13.6 Å². The van der Waals surface area contributed by atoms with Gasteiger partial charge in [0.25, 0.3) is 5.56 Å². The number of fused-ring (bicyclic) bond motifs is 5. The number of Topliss-reactive ketones (excluding diaryl/α,β-unsaturated/α-hetero) is 1. The summed E-state index contributed by atoms with van der Waals surface area (Å²) in [7, 11) is 1.55. The van der Waals surface area contributed by atoms with Gasteiger partial charge in [-0.05, 0) is 55.5 Å². The van der Waals surface area contributed by atoms with Crippen molar-refractivity contribution in [1.29, 1.82) is 0 Å². The van der Waals surface area contributed by atoms with E-state index < -0.39 is 29.6 Å². The molecule has 4 N–H and O–H groups in total. The van der Waals surface area contributed by atoms with Crippen LogP contribution in [0.3, 0.4) is 0 Å². The number of nitrogens with two attached hydrogens (primary N) is 1. The van der Waals surface area contributed by atoms with E-state index in [9.17, 15) is 33.9 Å². The Labute approximate surface area is 308 Å². The van der Waals surface area contributed by atoms with Gasteiger partial charge in [0.1, 0.15) is 12.4 Å². The molecule has 2 aliphatic rings. The van der Waals surface area contributed by atoms with E-state index in [-0.39, 0.29) is 85.9 Å². The number of aliphatic hydroxyl groups is 1. The van der Waals surface area contributed by atoms with Gasteiger partial charge in [0.15, 0.2) is 11.4 Å². The third-order valence-electron chi connectivity index (χ3n) is 10.2. The Morgan fingerprint density at radius 3 is 2.51 bits per heavy atom. The number of rotatable bonds is 17. The number of nitrogens with zero attached hydrogens (tertiary/aromatic N) is 3. The third kappa shape index (κ3) is 8.27. The Morgan fingerprint density at radius 1 is 1.06 bits per heavy atom. The van der Waals surface area contributed by atoms with Crippen molar-refractivity contribution in [2.24, 2.45) is 5.73 Å². The Balaban J connectivity index is 1.24. The van der Waals surface area contributed by atoms with Crippen LogP contribution in [0.2, 0.25) is 0 Å². The smallest absolute Gasteiger partial charge is 0.414 e. The lowest BCUT2D eigenvalue weighted by molar-refractivity contribution is -0.172. The zero-order chi connectivity index (χ0) is 38.4. The van der Waals surface area contributed by atoms with Crippen LogP contribution in [-0.2, 0) is 49.1 Å². The van der Waals surface area contributed by atoms with Crippen LogP contribution in [0.25, 0.3) is 22.3 Å². The van der Waals surface area contributed by atoms with Crippen molar-refractivity contribution in [3.8, 4) is 17.1 Å². The average Bonchev–Trinajstić information content (AvgIpc) is 3.50. The number of primary amides is 1. The summed E-state index contributed by atoms with van der Waals surface area (Å²) in [4.78, 5) is 82.4. The summed E-state index contributed by atoms with van der Waals surface area (Å²) < 4.78 is 12.5. The van der Waals surface area contributed by atoms with Crippen LogP contribution in [0.4, 0.5) is 4.79 Å². The van der Waals surface area contributed by atoms with Gasteiger partial charge in [0.2, 0.25) is 11.8 Å². The quantitative estimate of drug-likeness (QED) is 0.105. The zero-order valence-corrected chi connectivity index (χ0v) is 30.9. The van der Waals surface area contributed by atoms with Crippen LogP contribution >= 0.6 is 0 Å². The second-order valence-corrected chi connectivity index (χ2v) is 13.9. The van der Waals surface area contributed by atoms with Gasteiger partial charge in [0.05, 0.1) is 41.5 Å². The highest BCUT2D eigenvalue weighted by atomic mass is 16.6. The molecule has 2 aliphatic heterocycles. The molecule has 1 aromatic carbocycles.